The molecule has 0 fully saturated rings. The summed E-state index contributed by atoms with van der Waals surface area (Å²) in [5.74, 6) is -1.49. The quantitative estimate of drug-likeness (QED) is 0.407. The van der Waals surface area contributed by atoms with Crippen molar-refractivity contribution in [3.8, 4) is 6.07 Å². The smallest absolute Gasteiger partial charge is 0.303 e. The molecule has 110 valence electrons. The lowest BCUT2D eigenvalue weighted by Gasteiger charge is -2.04. The van der Waals surface area contributed by atoms with Gasteiger partial charge in [-0.3, -0.25) is 9.59 Å². The van der Waals surface area contributed by atoms with E-state index in [4.69, 9.17) is 22.0 Å². The zero-order valence-electron chi connectivity index (χ0n) is 11.1. The fourth-order valence-electron chi connectivity index (χ4n) is 1.42. The van der Waals surface area contributed by atoms with E-state index in [1.165, 1.54) is 6.20 Å². The van der Waals surface area contributed by atoms with Gasteiger partial charge in [-0.05, 0) is 24.6 Å². The Morgan fingerprint density at radius 2 is 2.19 bits per heavy atom. The zero-order valence-corrected chi connectivity index (χ0v) is 11.9. The van der Waals surface area contributed by atoms with Crippen LogP contribution in [-0.4, -0.2) is 23.5 Å². The second-order valence-electron chi connectivity index (χ2n) is 4.08. The largest absolute Gasteiger partial charge is 0.481 e. The predicted octanol–water partition coefficient (Wildman–Crippen LogP) is 2.14. The summed E-state index contributed by atoms with van der Waals surface area (Å²) in [5, 5.41) is 23.2. The highest BCUT2D eigenvalue weighted by atomic mass is 35.5. The minimum Gasteiger partial charge on any atom is -0.481 e. The van der Waals surface area contributed by atoms with E-state index in [1.54, 1.807) is 30.3 Å². The van der Waals surface area contributed by atoms with Crippen molar-refractivity contribution in [2.45, 2.75) is 12.8 Å². The molecule has 1 aromatic rings. The summed E-state index contributed by atoms with van der Waals surface area (Å²) in [7, 11) is 0. The molecule has 0 aliphatic rings. The van der Waals surface area contributed by atoms with Gasteiger partial charge in [0.15, 0.2) is 0 Å². The molecule has 0 heterocycles. The van der Waals surface area contributed by atoms with Crippen LogP contribution in [0.5, 0.6) is 0 Å². The number of rotatable bonds is 7. The molecule has 1 amide bonds. The average Bonchev–Trinajstić information content (AvgIpc) is 2.44. The van der Waals surface area contributed by atoms with Gasteiger partial charge < -0.3 is 15.7 Å². The molecule has 1 aromatic carbocycles. The van der Waals surface area contributed by atoms with E-state index in [9.17, 15) is 9.59 Å². The Kier molecular flexibility index (Phi) is 6.78. The third kappa shape index (κ3) is 6.45. The number of carboxylic acid groups (broad SMARTS) is 1. The van der Waals surface area contributed by atoms with Crippen LogP contribution >= 0.6 is 11.6 Å². The first-order chi connectivity index (χ1) is 10.0. The van der Waals surface area contributed by atoms with Crippen molar-refractivity contribution in [3.63, 3.8) is 0 Å². The predicted molar refractivity (Wildman–Crippen MR) is 78.7 cm³/mol. The van der Waals surface area contributed by atoms with Crippen molar-refractivity contribution >= 4 is 29.2 Å². The summed E-state index contributed by atoms with van der Waals surface area (Å²) in [6.45, 7) is 0.196. The summed E-state index contributed by atoms with van der Waals surface area (Å²) < 4.78 is 0. The van der Waals surface area contributed by atoms with Crippen molar-refractivity contribution in [2.75, 3.05) is 11.9 Å². The number of carbonyl (C=O) groups is 2. The lowest BCUT2D eigenvalue weighted by molar-refractivity contribution is -0.137. The molecular weight excluding hydrogens is 294 g/mol. The molecule has 0 atom stereocenters. The molecule has 0 aliphatic heterocycles. The van der Waals surface area contributed by atoms with Crippen LogP contribution in [0.1, 0.15) is 12.8 Å². The van der Waals surface area contributed by atoms with Crippen LogP contribution in [0.4, 0.5) is 5.69 Å². The Balaban J connectivity index is 2.53. The third-order valence-corrected chi connectivity index (χ3v) is 2.66. The molecule has 0 radical (unpaired) electrons. The molecular formula is C14H14ClN3O3. The highest BCUT2D eigenvalue weighted by molar-refractivity contribution is 6.30. The fourth-order valence-corrected chi connectivity index (χ4v) is 1.61. The maximum atomic E-state index is 11.7. The number of hydrogen-bond acceptors (Lipinski definition) is 4. The van der Waals surface area contributed by atoms with Crippen LogP contribution in [0.2, 0.25) is 5.02 Å². The topological polar surface area (TPSA) is 102 Å². The lowest BCUT2D eigenvalue weighted by atomic mass is 10.2. The minimum absolute atomic E-state index is 0.0351. The van der Waals surface area contributed by atoms with Crippen LogP contribution < -0.4 is 10.6 Å². The van der Waals surface area contributed by atoms with Crippen molar-refractivity contribution in [3.05, 3.63) is 41.1 Å². The second-order valence-corrected chi connectivity index (χ2v) is 4.51. The molecule has 0 aromatic heterocycles. The van der Waals surface area contributed by atoms with E-state index in [0.29, 0.717) is 17.1 Å². The third-order valence-electron chi connectivity index (χ3n) is 2.43. The molecule has 7 heteroatoms. The van der Waals surface area contributed by atoms with Gasteiger partial charge in [0.25, 0.3) is 5.91 Å². The molecule has 0 saturated carbocycles. The summed E-state index contributed by atoms with van der Waals surface area (Å²) in [5.41, 5.74) is 0.541. The number of aliphatic carboxylic acids is 1. The standard InChI is InChI=1S/C14H14ClN3O3/c15-11-3-1-4-12(7-11)18-9-10(8-16)14(21)17-6-2-5-13(19)20/h1,3-4,7,9,18H,2,5-6H2,(H,17,21)(H,19,20)/b10-9-. The lowest BCUT2D eigenvalue weighted by Crippen LogP contribution is -2.26. The van der Waals surface area contributed by atoms with Gasteiger partial charge in [0, 0.05) is 29.9 Å². The maximum Gasteiger partial charge on any atom is 0.303 e. The second kappa shape index (κ2) is 8.61. The van der Waals surface area contributed by atoms with Crippen LogP contribution in [0, 0.1) is 11.3 Å². The van der Waals surface area contributed by atoms with Crippen LogP contribution in [0.25, 0.3) is 0 Å². The van der Waals surface area contributed by atoms with E-state index in [0.717, 1.165) is 0 Å². The van der Waals surface area contributed by atoms with Gasteiger partial charge >= 0.3 is 5.97 Å². The number of anilines is 1. The number of hydrogen-bond donors (Lipinski definition) is 3. The summed E-state index contributed by atoms with van der Waals surface area (Å²) in [4.78, 5) is 22.0. The first-order valence-electron chi connectivity index (χ1n) is 6.15. The molecule has 3 N–H and O–H groups in total. The molecule has 0 saturated heterocycles. The van der Waals surface area contributed by atoms with E-state index in [2.05, 4.69) is 10.6 Å². The number of nitriles is 1. The molecule has 0 spiro atoms. The van der Waals surface area contributed by atoms with Crippen molar-refractivity contribution < 1.29 is 14.7 Å². The zero-order chi connectivity index (χ0) is 15.7. The van der Waals surface area contributed by atoms with Crippen LogP contribution in [0.3, 0.4) is 0 Å². The SMILES string of the molecule is N#C/C(=C/Nc1cccc(Cl)c1)C(=O)NCCCC(=O)O. The van der Waals surface area contributed by atoms with E-state index in [-0.39, 0.29) is 18.5 Å². The van der Waals surface area contributed by atoms with Gasteiger partial charge in [0.2, 0.25) is 0 Å². The summed E-state index contributed by atoms with van der Waals surface area (Å²) in [6.07, 6.45) is 1.55. The van der Waals surface area contributed by atoms with Gasteiger partial charge in [-0.1, -0.05) is 17.7 Å². The monoisotopic (exact) mass is 307 g/mol. The number of amides is 1. The molecule has 0 bridgehead atoms. The minimum atomic E-state index is -0.928. The normalized spacial score (nSPS) is 10.6. The Bertz CT molecular complexity index is 593. The Morgan fingerprint density at radius 3 is 2.81 bits per heavy atom. The van der Waals surface area contributed by atoms with Gasteiger partial charge in [-0.15, -0.1) is 0 Å². The Morgan fingerprint density at radius 1 is 1.43 bits per heavy atom. The highest BCUT2D eigenvalue weighted by Crippen LogP contribution is 2.15. The molecule has 6 nitrogen and oxygen atoms in total. The highest BCUT2D eigenvalue weighted by Gasteiger charge is 2.08. The van der Waals surface area contributed by atoms with Crippen molar-refractivity contribution in [2.24, 2.45) is 0 Å². The van der Waals surface area contributed by atoms with Gasteiger partial charge in [0.05, 0.1) is 0 Å². The maximum absolute atomic E-state index is 11.7. The molecule has 1 rings (SSSR count). The fraction of sp³-hybridized carbons (Fsp3) is 0.214. The Labute approximate surface area is 127 Å². The number of nitrogens with one attached hydrogen (secondary N) is 2. The summed E-state index contributed by atoms with van der Waals surface area (Å²) >= 11 is 5.81. The van der Waals surface area contributed by atoms with Crippen LogP contribution in [0.15, 0.2) is 36.0 Å². The van der Waals surface area contributed by atoms with E-state index in [1.807, 2.05) is 0 Å². The van der Waals surface area contributed by atoms with E-state index >= 15 is 0 Å². The molecule has 0 unspecified atom stereocenters. The molecule has 21 heavy (non-hydrogen) atoms. The first kappa shape index (κ1) is 16.5. The number of nitrogens with zero attached hydrogens (tertiary/aromatic N) is 1. The first-order valence-corrected chi connectivity index (χ1v) is 6.53. The van der Waals surface area contributed by atoms with Gasteiger partial charge in [-0.2, -0.15) is 5.26 Å². The van der Waals surface area contributed by atoms with Crippen molar-refractivity contribution in [1.82, 2.24) is 5.32 Å². The Hall–Kier alpha value is -2.52. The van der Waals surface area contributed by atoms with Gasteiger partial charge in [-0.25, -0.2) is 0 Å². The molecule has 0 aliphatic carbocycles. The number of benzene rings is 1. The van der Waals surface area contributed by atoms with Crippen molar-refractivity contribution in [1.29, 1.82) is 5.26 Å². The number of carboxylic acids is 1. The van der Waals surface area contributed by atoms with E-state index < -0.39 is 11.9 Å². The number of halogens is 1. The summed E-state index contributed by atoms with van der Waals surface area (Å²) in [6, 6.07) is 8.60. The van der Waals surface area contributed by atoms with Gasteiger partial charge in [0.1, 0.15) is 11.6 Å². The van der Waals surface area contributed by atoms with Crippen LogP contribution in [-0.2, 0) is 9.59 Å². The average molecular weight is 308 g/mol. The number of carbonyl (C=O) groups excluding carboxylic acids is 1.